The van der Waals surface area contributed by atoms with E-state index < -0.39 is 5.83 Å². The molecule has 1 aromatic heterocycles. The molecule has 0 bridgehead atoms. The lowest BCUT2D eigenvalue weighted by Gasteiger charge is -2.21. The first-order chi connectivity index (χ1) is 14.6. The summed E-state index contributed by atoms with van der Waals surface area (Å²) in [4.78, 5) is 9.01. The van der Waals surface area contributed by atoms with Crippen LogP contribution >= 0.6 is 0 Å². The molecule has 156 valence electrons. The number of nitrogens with zero attached hydrogens (tertiary/aromatic N) is 3. The van der Waals surface area contributed by atoms with Gasteiger partial charge in [0.05, 0.1) is 11.7 Å². The molecule has 0 spiro atoms. The van der Waals surface area contributed by atoms with Crippen LogP contribution in [0.2, 0.25) is 0 Å². The Morgan fingerprint density at radius 2 is 2.10 bits per heavy atom. The highest BCUT2D eigenvalue weighted by Gasteiger charge is 2.17. The molecule has 30 heavy (non-hydrogen) atoms. The van der Waals surface area contributed by atoms with Crippen LogP contribution in [0.15, 0.2) is 45.9 Å². The molecule has 0 unspecified atom stereocenters. The van der Waals surface area contributed by atoms with Crippen molar-refractivity contribution in [3.05, 3.63) is 47.0 Å². The molecule has 0 aliphatic heterocycles. The van der Waals surface area contributed by atoms with Crippen molar-refractivity contribution in [2.45, 2.75) is 51.9 Å². The van der Waals surface area contributed by atoms with Crippen LogP contribution in [0.5, 0.6) is 0 Å². The maximum atomic E-state index is 13.6. The highest BCUT2D eigenvalue weighted by Crippen LogP contribution is 2.33. The summed E-state index contributed by atoms with van der Waals surface area (Å²) in [5, 5.41) is 16.3. The van der Waals surface area contributed by atoms with Gasteiger partial charge in [-0.3, -0.25) is 9.98 Å². The number of aromatic nitrogens is 1. The number of halogens is 1. The number of oxime groups is 1. The van der Waals surface area contributed by atoms with Gasteiger partial charge in [-0.05, 0) is 69.4 Å². The molecule has 1 aliphatic rings. The summed E-state index contributed by atoms with van der Waals surface area (Å²) in [6, 6.07) is 8.29. The summed E-state index contributed by atoms with van der Waals surface area (Å²) in [6.07, 6.45) is 13.0. The molecule has 1 heterocycles. The maximum Gasteiger partial charge on any atom is 0.200 e. The number of pyridine rings is 1. The number of unbranched alkanes of at least 4 members (excludes halogenated alkanes) is 1. The molecule has 0 fully saturated rings. The number of terminal acetylenes is 1. The van der Waals surface area contributed by atoms with E-state index >= 15 is 0 Å². The topological polar surface area (TPSA) is 69.9 Å². The number of anilines is 1. The van der Waals surface area contributed by atoms with E-state index in [2.05, 4.69) is 33.7 Å². The molecular weight excluding hydrogens is 379 g/mol. The number of hydrogen-bond donors (Lipinski definition) is 2. The second-order valence-electron chi connectivity index (χ2n) is 7.46. The number of allylic oxidation sites excluding steroid dienone is 2. The minimum atomic E-state index is -0.844. The normalized spacial score (nSPS) is 15.0. The van der Waals surface area contributed by atoms with Crippen LogP contribution in [0.4, 0.5) is 10.1 Å². The lowest BCUT2D eigenvalue weighted by Crippen LogP contribution is -2.12. The van der Waals surface area contributed by atoms with Gasteiger partial charge in [-0.15, -0.1) is 6.42 Å². The number of aryl methyl sites for hydroxylation is 1. The molecule has 3 rings (SSSR count). The molecular formula is C24H27FN4O. The van der Waals surface area contributed by atoms with E-state index in [1.807, 2.05) is 18.9 Å². The van der Waals surface area contributed by atoms with Crippen LogP contribution in [-0.4, -0.2) is 28.7 Å². The second kappa shape index (κ2) is 10.5. The molecule has 1 aromatic carbocycles. The van der Waals surface area contributed by atoms with Gasteiger partial charge in [0.25, 0.3) is 0 Å². The predicted octanol–water partition coefficient (Wildman–Crippen LogP) is 5.43. The third-order valence-corrected chi connectivity index (χ3v) is 5.28. The maximum absolute atomic E-state index is 13.6. The smallest absolute Gasteiger partial charge is 0.200 e. The van der Waals surface area contributed by atoms with Crippen LogP contribution in [0.1, 0.15) is 50.3 Å². The third-order valence-electron chi connectivity index (χ3n) is 5.28. The largest absolute Gasteiger partial charge is 0.411 e. The lowest BCUT2D eigenvalue weighted by atomic mass is 9.92. The fourth-order valence-corrected chi connectivity index (χ4v) is 3.82. The average Bonchev–Trinajstić information content (AvgIpc) is 2.77. The van der Waals surface area contributed by atoms with Crippen molar-refractivity contribution in [2.75, 3.05) is 11.9 Å². The summed E-state index contributed by atoms with van der Waals surface area (Å²) in [7, 11) is 0. The Morgan fingerprint density at radius 3 is 2.90 bits per heavy atom. The van der Waals surface area contributed by atoms with Crippen LogP contribution in [0.3, 0.4) is 0 Å². The van der Waals surface area contributed by atoms with E-state index in [1.54, 1.807) is 0 Å². The molecule has 1 aliphatic carbocycles. The van der Waals surface area contributed by atoms with Crippen molar-refractivity contribution in [1.29, 1.82) is 0 Å². The SMILES string of the molecule is C#C/C(F)=C(/C=N/O)N=C(C)CCCCNc1c2c(nc3ccccc13)CCCC2. The Kier molecular flexibility index (Phi) is 7.56. The van der Waals surface area contributed by atoms with Gasteiger partial charge in [0.2, 0.25) is 0 Å². The number of rotatable bonds is 8. The zero-order chi connectivity index (χ0) is 21.3. The summed E-state index contributed by atoms with van der Waals surface area (Å²) < 4.78 is 13.6. The Hall–Kier alpha value is -3.20. The Bertz CT molecular complexity index is 1030. The van der Waals surface area contributed by atoms with E-state index in [-0.39, 0.29) is 5.70 Å². The minimum Gasteiger partial charge on any atom is -0.411 e. The van der Waals surface area contributed by atoms with Gasteiger partial charge in [-0.1, -0.05) is 23.4 Å². The molecule has 0 saturated heterocycles. The minimum absolute atomic E-state index is 0.134. The average molecular weight is 407 g/mol. The van der Waals surface area contributed by atoms with E-state index in [0.717, 1.165) is 49.7 Å². The van der Waals surface area contributed by atoms with Gasteiger partial charge >= 0.3 is 0 Å². The van der Waals surface area contributed by atoms with Crippen molar-refractivity contribution < 1.29 is 9.60 Å². The zero-order valence-corrected chi connectivity index (χ0v) is 17.3. The molecule has 0 saturated carbocycles. The van der Waals surface area contributed by atoms with Crippen LogP contribution < -0.4 is 5.32 Å². The van der Waals surface area contributed by atoms with Crippen molar-refractivity contribution in [3.63, 3.8) is 0 Å². The number of nitrogens with one attached hydrogen (secondary N) is 1. The third kappa shape index (κ3) is 5.24. The summed E-state index contributed by atoms with van der Waals surface area (Å²) in [5.74, 6) is 1.03. The Balaban J connectivity index is 1.62. The van der Waals surface area contributed by atoms with Gasteiger partial charge in [0, 0.05) is 29.0 Å². The number of para-hydroxylation sites is 1. The van der Waals surface area contributed by atoms with E-state index in [0.29, 0.717) is 6.42 Å². The molecule has 5 nitrogen and oxygen atoms in total. The number of aliphatic imine (C=N–C) groups is 1. The van der Waals surface area contributed by atoms with Crippen molar-refractivity contribution in [3.8, 4) is 12.3 Å². The highest BCUT2D eigenvalue weighted by molar-refractivity contribution is 5.93. The molecule has 2 N–H and O–H groups in total. The Morgan fingerprint density at radius 1 is 1.30 bits per heavy atom. The zero-order valence-electron chi connectivity index (χ0n) is 17.3. The first-order valence-corrected chi connectivity index (χ1v) is 10.4. The van der Waals surface area contributed by atoms with Crippen molar-refractivity contribution >= 4 is 28.5 Å². The second-order valence-corrected chi connectivity index (χ2v) is 7.46. The molecule has 6 heteroatoms. The van der Waals surface area contributed by atoms with E-state index in [1.165, 1.54) is 35.2 Å². The van der Waals surface area contributed by atoms with Crippen molar-refractivity contribution in [2.24, 2.45) is 10.1 Å². The van der Waals surface area contributed by atoms with Gasteiger partial charge in [-0.2, -0.15) is 4.39 Å². The van der Waals surface area contributed by atoms with Gasteiger partial charge in [0.15, 0.2) is 5.83 Å². The van der Waals surface area contributed by atoms with Crippen LogP contribution in [0, 0.1) is 12.3 Å². The van der Waals surface area contributed by atoms with Crippen LogP contribution in [0.25, 0.3) is 10.9 Å². The summed E-state index contributed by atoms with van der Waals surface area (Å²) >= 11 is 0. The number of fused-ring (bicyclic) bond motifs is 2. The summed E-state index contributed by atoms with van der Waals surface area (Å²) in [5.41, 5.74) is 5.46. The fourth-order valence-electron chi connectivity index (χ4n) is 3.82. The summed E-state index contributed by atoms with van der Waals surface area (Å²) in [6.45, 7) is 2.66. The molecule has 0 atom stereocenters. The Labute approximate surface area is 176 Å². The lowest BCUT2D eigenvalue weighted by molar-refractivity contribution is 0.321. The predicted molar refractivity (Wildman–Crippen MR) is 121 cm³/mol. The standard InChI is InChI=1S/C24H27FN4O/c1-3-20(25)23(16-27-30)28-17(2)10-8-9-15-26-24-18-11-4-6-13-21(18)29-22-14-7-5-12-19(22)24/h1,4,6,11,13,16,30H,5,7-10,12,14-15H2,2H3,(H,26,29)/b23-20+,27-16+,28-17?. The first kappa shape index (κ1) is 21.5. The highest BCUT2D eigenvalue weighted by atomic mass is 19.1. The molecule has 0 radical (unpaired) electrons. The number of benzene rings is 1. The molecule has 2 aromatic rings. The monoisotopic (exact) mass is 406 g/mol. The quantitative estimate of drug-likeness (QED) is 0.202. The first-order valence-electron chi connectivity index (χ1n) is 10.4. The molecule has 0 amide bonds. The van der Waals surface area contributed by atoms with Gasteiger partial charge in [-0.25, -0.2) is 0 Å². The van der Waals surface area contributed by atoms with Gasteiger partial charge in [0.1, 0.15) is 5.70 Å². The van der Waals surface area contributed by atoms with Crippen LogP contribution in [-0.2, 0) is 12.8 Å². The van der Waals surface area contributed by atoms with Gasteiger partial charge < -0.3 is 10.5 Å². The van der Waals surface area contributed by atoms with Crippen molar-refractivity contribution in [1.82, 2.24) is 4.98 Å². The number of hydrogen-bond acceptors (Lipinski definition) is 5. The van der Waals surface area contributed by atoms with E-state index in [4.69, 9.17) is 16.6 Å². The van der Waals surface area contributed by atoms with E-state index in [9.17, 15) is 4.39 Å². The fraction of sp³-hybridized carbons (Fsp3) is 0.375.